The minimum Gasteiger partial charge on any atom is -0.377 e. The predicted molar refractivity (Wildman–Crippen MR) is 73.9 cm³/mol. The van der Waals surface area contributed by atoms with Crippen LogP contribution in [0.3, 0.4) is 0 Å². The monoisotopic (exact) mass is 295 g/mol. The Morgan fingerprint density at radius 2 is 2.24 bits per heavy atom. The molecule has 2 heterocycles. The third-order valence-corrected chi connectivity index (χ3v) is 4.10. The number of methoxy groups -OCH3 is 1. The van der Waals surface area contributed by atoms with E-state index in [0.29, 0.717) is 19.8 Å². The van der Waals surface area contributed by atoms with Gasteiger partial charge >= 0.3 is 6.03 Å². The van der Waals surface area contributed by atoms with Gasteiger partial charge in [-0.15, -0.1) is 0 Å². The lowest BCUT2D eigenvalue weighted by Gasteiger charge is -2.17. The van der Waals surface area contributed by atoms with Gasteiger partial charge in [0, 0.05) is 19.1 Å². The summed E-state index contributed by atoms with van der Waals surface area (Å²) in [5, 5.41) is 9.75. The zero-order valence-electron chi connectivity index (χ0n) is 12.2. The van der Waals surface area contributed by atoms with Crippen LogP contribution in [0.15, 0.2) is 4.52 Å². The molecule has 1 aliphatic carbocycles. The second kappa shape index (κ2) is 6.44. The topological polar surface area (TPSA) is 85.6 Å². The summed E-state index contributed by atoms with van der Waals surface area (Å²) in [6, 6.07) is -0.346. The van der Waals surface area contributed by atoms with Crippen molar-refractivity contribution in [2.45, 2.75) is 44.4 Å². The molecule has 2 aliphatic rings. The first-order chi connectivity index (χ1) is 10.3. The number of hydrogen-bond acceptors (Lipinski definition) is 5. The number of carbonyl (C=O) groups is 1. The number of carbonyl (C=O) groups excluding carboxylic acids is 1. The number of aromatic nitrogens is 1. The molecule has 0 bridgehead atoms. The lowest BCUT2D eigenvalue weighted by Crippen LogP contribution is -2.47. The van der Waals surface area contributed by atoms with E-state index >= 15 is 0 Å². The molecule has 7 nitrogen and oxygen atoms in total. The molecule has 1 fully saturated rings. The summed E-state index contributed by atoms with van der Waals surface area (Å²) >= 11 is 0. The molecule has 0 radical (unpaired) electrons. The van der Waals surface area contributed by atoms with Gasteiger partial charge in [0.1, 0.15) is 17.6 Å². The van der Waals surface area contributed by atoms with Crippen molar-refractivity contribution in [1.29, 1.82) is 0 Å². The molecule has 21 heavy (non-hydrogen) atoms. The smallest absolute Gasteiger partial charge is 0.315 e. The van der Waals surface area contributed by atoms with Crippen molar-refractivity contribution >= 4 is 6.03 Å². The van der Waals surface area contributed by atoms with E-state index in [1.165, 1.54) is 5.56 Å². The summed E-state index contributed by atoms with van der Waals surface area (Å²) in [6.45, 7) is 1.37. The minimum atomic E-state index is -0.236. The maximum atomic E-state index is 11.9. The van der Waals surface area contributed by atoms with Crippen LogP contribution in [0.5, 0.6) is 0 Å². The SMILES string of the molecule is CO[C@@H]1COC[C@@H]1NC(=O)NCc1noc2c1CCCC2. The van der Waals surface area contributed by atoms with Crippen LogP contribution in [-0.4, -0.2) is 43.7 Å². The molecule has 1 aliphatic heterocycles. The molecule has 0 spiro atoms. The number of nitrogens with one attached hydrogen (secondary N) is 2. The maximum absolute atomic E-state index is 11.9. The Hall–Kier alpha value is -1.60. The van der Waals surface area contributed by atoms with E-state index < -0.39 is 0 Å². The predicted octanol–water partition coefficient (Wildman–Crippen LogP) is 0.766. The average Bonchev–Trinajstić information content (AvgIpc) is 3.11. The van der Waals surface area contributed by atoms with Gasteiger partial charge in [-0.25, -0.2) is 4.79 Å². The highest BCUT2D eigenvalue weighted by Gasteiger charge is 2.29. The zero-order valence-corrected chi connectivity index (χ0v) is 12.2. The fourth-order valence-corrected chi connectivity index (χ4v) is 2.87. The normalized spacial score (nSPS) is 24.6. The van der Waals surface area contributed by atoms with Crippen molar-refractivity contribution in [2.24, 2.45) is 0 Å². The first-order valence-corrected chi connectivity index (χ1v) is 7.39. The number of urea groups is 1. The molecule has 2 amide bonds. The Balaban J connectivity index is 1.51. The summed E-state index contributed by atoms with van der Waals surface area (Å²) < 4.78 is 15.9. The summed E-state index contributed by atoms with van der Waals surface area (Å²) in [4.78, 5) is 11.9. The van der Waals surface area contributed by atoms with Crippen LogP contribution >= 0.6 is 0 Å². The Labute approximate surface area is 123 Å². The fourth-order valence-electron chi connectivity index (χ4n) is 2.87. The molecule has 2 atom stereocenters. The summed E-state index contributed by atoms with van der Waals surface area (Å²) in [6.07, 6.45) is 4.15. The standard InChI is InChI=1S/C14H21N3O4/c1-19-13-8-20-7-11(13)16-14(18)15-6-10-9-4-2-3-5-12(9)21-17-10/h11,13H,2-8H2,1H3,(H2,15,16,18)/t11-,13+/m0/s1. The molecule has 2 N–H and O–H groups in total. The lowest BCUT2D eigenvalue weighted by atomic mass is 9.96. The van der Waals surface area contributed by atoms with Gasteiger partial charge in [-0.05, 0) is 19.3 Å². The molecule has 1 saturated heterocycles. The maximum Gasteiger partial charge on any atom is 0.315 e. The van der Waals surface area contributed by atoms with Crippen molar-refractivity contribution in [2.75, 3.05) is 20.3 Å². The van der Waals surface area contributed by atoms with Crippen LogP contribution in [0.4, 0.5) is 4.79 Å². The molecule has 7 heteroatoms. The molecule has 116 valence electrons. The van der Waals surface area contributed by atoms with E-state index in [4.69, 9.17) is 14.0 Å². The molecular formula is C14H21N3O4. The minimum absolute atomic E-state index is 0.0874. The molecule has 0 aromatic carbocycles. The number of nitrogens with zero attached hydrogens (tertiary/aromatic N) is 1. The number of hydrogen-bond donors (Lipinski definition) is 2. The second-order valence-electron chi connectivity index (χ2n) is 5.48. The van der Waals surface area contributed by atoms with Gasteiger partial charge in [0.25, 0.3) is 0 Å². The van der Waals surface area contributed by atoms with Crippen LogP contribution in [0.1, 0.15) is 29.9 Å². The highest BCUT2D eigenvalue weighted by atomic mass is 16.5. The summed E-state index contributed by atoms with van der Waals surface area (Å²) in [5.41, 5.74) is 2.01. The average molecular weight is 295 g/mol. The van der Waals surface area contributed by atoms with Gasteiger partial charge in [0.05, 0.1) is 25.8 Å². The van der Waals surface area contributed by atoms with Crippen molar-refractivity contribution in [3.05, 3.63) is 17.0 Å². The number of ether oxygens (including phenoxy) is 2. The molecule has 1 aromatic rings. The van der Waals surface area contributed by atoms with Crippen LogP contribution < -0.4 is 10.6 Å². The van der Waals surface area contributed by atoms with Crippen molar-refractivity contribution < 1.29 is 18.8 Å². The van der Waals surface area contributed by atoms with E-state index in [1.807, 2.05) is 0 Å². The van der Waals surface area contributed by atoms with Gasteiger partial charge in [0.15, 0.2) is 0 Å². The Kier molecular flexibility index (Phi) is 4.40. The Bertz CT molecular complexity index is 502. The van der Waals surface area contributed by atoms with E-state index in [2.05, 4.69) is 15.8 Å². The molecule has 3 rings (SSSR count). The number of amides is 2. The number of rotatable bonds is 4. The number of fused-ring (bicyclic) bond motifs is 1. The van der Waals surface area contributed by atoms with Gasteiger partial charge in [-0.2, -0.15) is 0 Å². The largest absolute Gasteiger partial charge is 0.377 e. The van der Waals surface area contributed by atoms with Gasteiger partial charge in [-0.1, -0.05) is 5.16 Å². The third-order valence-electron chi connectivity index (χ3n) is 4.10. The van der Waals surface area contributed by atoms with Crippen molar-refractivity contribution in [3.63, 3.8) is 0 Å². The van der Waals surface area contributed by atoms with Crippen LogP contribution in [0.2, 0.25) is 0 Å². The van der Waals surface area contributed by atoms with Crippen LogP contribution in [0.25, 0.3) is 0 Å². The number of aryl methyl sites for hydroxylation is 1. The van der Waals surface area contributed by atoms with E-state index in [1.54, 1.807) is 7.11 Å². The van der Waals surface area contributed by atoms with E-state index in [0.717, 1.165) is 37.1 Å². The van der Waals surface area contributed by atoms with E-state index in [9.17, 15) is 4.79 Å². The van der Waals surface area contributed by atoms with E-state index in [-0.39, 0.29) is 18.2 Å². The third kappa shape index (κ3) is 3.19. The van der Waals surface area contributed by atoms with Gasteiger partial charge < -0.3 is 24.6 Å². The Morgan fingerprint density at radius 1 is 1.38 bits per heavy atom. The second-order valence-corrected chi connectivity index (χ2v) is 5.48. The highest BCUT2D eigenvalue weighted by Crippen LogP contribution is 2.23. The zero-order chi connectivity index (χ0) is 14.7. The highest BCUT2D eigenvalue weighted by molar-refractivity contribution is 5.74. The Morgan fingerprint density at radius 3 is 3.10 bits per heavy atom. The van der Waals surface area contributed by atoms with Crippen molar-refractivity contribution in [1.82, 2.24) is 15.8 Å². The van der Waals surface area contributed by atoms with Crippen molar-refractivity contribution in [3.8, 4) is 0 Å². The lowest BCUT2D eigenvalue weighted by molar-refractivity contribution is 0.0745. The fraction of sp³-hybridized carbons (Fsp3) is 0.714. The first kappa shape index (κ1) is 14.3. The quantitative estimate of drug-likeness (QED) is 0.857. The molecular weight excluding hydrogens is 274 g/mol. The molecule has 1 aromatic heterocycles. The van der Waals surface area contributed by atoms with Crippen LogP contribution in [-0.2, 0) is 28.9 Å². The first-order valence-electron chi connectivity index (χ1n) is 7.39. The summed E-state index contributed by atoms with van der Waals surface area (Å²) in [5.74, 6) is 0.974. The van der Waals surface area contributed by atoms with Gasteiger partial charge in [-0.3, -0.25) is 0 Å². The summed E-state index contributed by atoms with van der Waals surface area (Å²) in [7, 11) is 1.62. The van der Waals surface area contributed by atoms with Crippen LogP contribution in [0, 0.1) is 0 Å². The molecule has 0 unspecified atom stereocenters. The van der Waals surface area contributed by atoms with Gasteiger partial charge in [0.2, 0.25) is 0 Å². The molecule has 0 saturated carbocycles.